The first-order valence-electron chi connectivity index (χ1n) is 7.73. The third-order valence-electron chi connectivity index (χ3n) is 3.74. The molecule has 0 spiro atoms. The van der Waals surface area contributed by atoms with Gasteiger partial charge >= 0.3 is 5.97 Å². The Balaban J connectivity index is 2.54. The highest BCUT2D eigenvalue weighted by molar-refractivity contribution is 5.80. The van der Waals surface area contributed by atoms with E-state index < -0.39 is 5.54 Å². The van der Waals surface area contributed by atoms with E-state index >= 15 is 0 Å². The topological polar surface area (TPSA) is 41.6 Å². The van der Waals surface area contributed by atoms with Gasteiger partial charge in [0.15, 0.2) is 0 Å². The van der Waals surface area contributed by atoms with Crippen molar-refractivity contribution in [2.24, 2.45) is 0 Å². The number of rotatable bonds is 10. The average Bonchev–Trinajstić information content (AvgIpc) is 3.18. The lowest BCUT2D eigenvalue weighted by Gasteiger charge is -2.31. The van der Waals surface area contributed by atoms with Gasteiger partial charge in [0.1, 0.15) is 5.54 Å². The van der Waals surface area contributed by atoms with Crippen LogP contribution < -0.4 is 5.32 Å². The van der Waals surface area contributed by atoms with Gasteiger partial charge < -0.3 is 9.64 Å². The van der Waals surface area contributed by atoms with Crippen molar-refractivity contribution < 1.29 is 9.53 Å². The predicted octanol–water partition coefficient (Wildman–Crippen LogP) is 2.18. The molecule has 0 aliphatic heterocycles. The van der Waals surface area contributed by atoms with Crippen LogP contribution in [0.2, 0.25) is 0 Å². The monoisotopic (exact) mass is 270 g/mol. The fraction of sp³-hybridized carbons (Fsp3) is 0.933. The summed E-state index contributed by atoms with van der Waals surface area (Å²) in [7, 11) is 0. The SMILES string of the molecule is CCCN(CC)CCC(C)(NC1CC1)C(=O)OCC. The summed E-state index contributed by atoms with van der Waals surface area (Å²) in [4.78, 5) is 14.6. The zero-order valence-corrected chi connectivity index (χ0v) is 13.0. The zero-order valence-electron chi connectivity index (χ0n) is 13.0. The molecular formula is C15H30N2O2. The molecule has 1 fully saturated rings. The molecule has 0 amide bonds. The maximum absolute atomic E-state index is 12.2. The standard InChI is InChI=1S/C15H30N2O2/c1-5-11-17(6-2)12-10-15(4,14(18)19-7-3)16-13-8-9-13/h13,16H,5-12H2,1-4H3. The van der Waals surface area contributed by atoms with Gasteiger partial charge in [0.2, 0.25) is 0 Å². The molecule has 19 heavy (non-hydrogen) atoms. The van der Waals surface area contributed by atoms with Gasteiger partial charge in [-0.1, -0.05) is 13.8 Å². The Morgan fingerprint density at radius 2 is 2.00 bits per heavy atom. The van der Waals surface area contributed by atoms with Crippen LogP contribution >= 0.6 is 0 Å². The number of nitrogens with one attached hydrogen (secondary N) is 1. The minimum Gasteiger partial charge on any atom is -0.465 e. The van der Waals surface area contributed by atoms with E-state index in [0.717, 1.165) is 32.5 Å². The Labute approximate surface area is 117 Å². The van der Waals surface area contributed by atoms with Crippen molar-refractivity contribution in [3.8, 4) is 0 Å². The molecule has 0 aromatic heterocycles. The molecule has 1 aliphatic carbocycles. The van der Waals surface area contributed by atoms with Crippen LogP contribution in [0.25, 0.3) is 0 Å². The van der Waals surface area contributed by atoms with Crippen LogP contribution in [0.5, 0.6) is 0 Å². The van der Waals surface area contributed by atoms with Gasteiger partial charge in [0, 0.05) is 12.6 Å². The first-order valence-corrected chi connectivity index (χ1v) is 7.73. The molecular weight excluding hydrogens is 240 g/mol. The van der Waals surface area contributed by atoms with Gasteiger partial charge in [0.05, 0.1) is 6.61 Å². The molecule has 1 atom stereocenters. The molecule has 0 aromatic rings. The number of hydrogen-bond donors (Lipinski definition) is 1. The molecule has 1 unspecified atom stereocenters. The van der Waals surface area contributed by atoms with E-state index in [4.69, 9.17) is 4.74 Å². The Hall–Kier alpha value is -0.610. The lowest BCUT2D eigenvalue weighted by Crippen LogP contribution is -2.53. The van der Waals surface area contributed by atoms with Crippen molar-refractivity contribution in [2.75, 3.05) is 26.2 Å². The number of ether oxygens (including phenoxy) is 1. The summed E-state index contributed by atoms with van der Waals surface area (Å²) >= 11 is 0. The van der Waals surface area contributed by atoms with Gasteiger partial charge in [0.25, 0.3) is 0 Å². The molecule has 112 valence electrons. The van der Waals surface area contributed by atoms with Gasteiger partial charge in [-0.3, -0.25) is 10.1 Å². The van der Waals surface area contributed by atoms with Crippen LogP contribution in [0.4, 0.5) is 0 Å². The molecule has 4 heteroatoms. The van der Waals surface area contributed by atoms with Gasteiger partial charge in [-0.25, -0.2) is 0 Å². The molecule has 0 aromatic carbocycles. The van der Waals surface area contributed by atoms with E-state index in [0.29, 0.717) is 12.6 Å². The third kappa shape index (κ3) is 5.49. The van der Waals surface area contributed by atoms with E-state index in [1.165, 1.54) is 12.8 Å². The quantitative estimate of drug-likeness (QED) is 0.618. The van der Waals surface area contributed by atoms with Crippen LogP contribution in [0.1, 0.15) is 53.4 Å². The molecule has 4 nitrogen and oxygen atoms in total. The fourth-order valence-corrected chi connectivity index (χ4v) is 2.33. The summed E-state index contributed by atoms with van der Waals surface area (Å²) in [5, 5.41) is 3.47. The summed E-state index contributed by atoms with van der Waals surface area (Å²) in [5.74, 6) is -0.102. The second-order valence-electron chi connectivity index (χ2n) is 5.66. The van der Waals surface area contributed by atoms with E-state index in [2.05, 4.69) is 24.1 Å². The first-order chi connectivity index (χ1) is 9.05. The molecule has 0 saturated heterocycles. The zero-order chi connectivity index (χ0) is 14.3. The van der Waals surface area contributed by atoms with E-state index in [1.54, 1.807) is 0 Å². The highest BCUT2D eigenvalue weighted by Gasteiger charge is 2.39. The fourth-order valence-electron chi connectivity index (χ4n) is 2.33. The number of carbonyl (C=O) groups is 1. The Kier molecular flexibility index (Phi) is 6.80. The van der Waals surface area contributed by atoms with Crippen LogP contribution in [-0.4, -0.2) is 48.7 Å². The summed E-state index contributed by atoms with van der Waals surface area (Å²) in [6.45, 7) is 11.7. The van der Waals surface area contributed by atoms with Crippen LogP contribution in [0.3, 0.4) is 0 Å². The second-order valence-corrected chi connectivity index (χ2v) is 5.66. The smallest absolute Gasteiger partial charge is 0.326 e. The lowest BCUT2D eigenvalue weighted by atomic mass is 9.97. The van der Waals surface area contributed by atoms with Crippen molar-refractivity contribution in [1.29, 1.82) is 0 Å². The first kappa shape index (κ1) is 16.4. The number of nitrogens with zero attached hydrogens (tertiary/aromatic N) is 1. The normalized spacial score (nSPS) is 18.4. The highest BCUT2D eigenvalue weighted by Crippen LogP contribution is 2.25. The molecule has 1 N–H and O–H groups in total. The maximum atomic E-state index is 12.2. The molecule has 0 bridgehead atoms. The Morgan fingerprint density at radius 3 is 2.47 bits per heavy atom. The minimum atomic E-state index is -0.529. The minimum absolute atomic E-state index is 0.102. The van der Waals surface area contributed by atoms with E-state index in [1.807, 2.05) is 13.8 Å². The molecule has 1 aliphatic rings. The summed E-state index contributed by atoms with van der Waals surface area (Å²) in [5.41, 5.74) is -0.529. The number of carbonyl (C=O) groups excluding carboxylic acids is 1. The van der Waals surface area contributed by atoms with E-state index in [-0.39, 0.29) is 5.97 Å². The number of hydrogen-bond acceptors (Lipinski definition) is 4. The van der Waals surface area contributed by atoms with Crippen molar-refractivity contribution in [3.63, 3.8) is 0 Å². The van der Waals surface area contributed by atoms with Crippen molar-refractivity contribution in [1.82, 2.24) is 10.2 Å². The third-order valence-corrected chi connectivity index (χ3v) is 3.74. The molecule has 0 radical (unpaired) electrons. The Morgan fingerprint density at radius 1 is 1.32 bits per heavy atom. The average molecular weight is 270 g/mol. The largest absolute Gasteiger partial charge is 0.465 e. The predicted molar refractivity (Wildman–Crippen MR) is 78.2 cm³/mol. The van der Waals surface area contributed by atoms with Crippen molar-refractivity contribution in [2.45, 2.75) is 65.0 Å². The van der Waals surface area contributed by atoms with Gasteiger partial charge in [-0.2, -0.15) is 0 Å². The Bertz CT molecular complexity index is 279. The highest BCUT2D eigenvalue weighted by atomic mass is 16.5. The molecule has 1 saturated carbocycles. The summed E-state index contributed by atoms with van der Waals surface area (Å²) in [6.07, 6.45) is 4.33. The molecule has 1 rings (SSSR count). The number of esters is 1. The second kappa shape index (κ2) is 7.85. The van der Waals surface area contributed by atoms with Crippen molar-refractivity contribution >= 4 is 5.97 Å². The summed E-state index contributed by atoms with van der Waals surface area (Å²) < 4.78 is 5.24. The molecule has 0 heterocycles. The van der Waals surface area contributed by atoms with Gasteiger partial charge in [-0.15, -0.1) is 0 Å². The summed E-state index contributed by atoms with van der Waals surface area (Å²) in [6, 6.07) is 0.510. The van der Waals surface area contributed by atoms with Crippen LogP contribution in [0, 0.1) is 0 Å². The van der Waals surface area contributed by atoms with E-state index in [9.17, 15) is 4.79 Å². The lowest BCUT2D eigenvalue weighted by molar-refractivity contribution is -0.151. The maximum Gasteiger partial charge on any atom is 0.326 e. The van der Waals surface area contributed by atoms with Crippen LogP contribution in [0.15, 0.2) is 0 Å². The van der Waals surface area contributed by atoms with Gasteiger partial charge in [-0.05, 0) is 52.6 Å². The van der Waals surface area contributed by atoms with Crippen LogP contribution in [-0.2, 0) is 9.53 Å². The van der Waals surface area contributed by atoms with Crippen molar-refractivity contribution in [3.05, 3.63) is 0 Å².